The zero-order valence-electron chi connectivity index (χ0n) is 12.4. The zero-order chi connectivity index (χ0) is 15.6. The number of nitrogens with zero attached hydrogens (tertiary/aromatic N) is 2. The van der Waals surface area contributed by atoms with E-state index in [0.29, 0.717) is 11.4 Å². The van der Waals surface area contributed by atoms with Crippen molar-refractivity contribution in [1.29, 1.82) is 0 Å². The SMILES string of the molecule is CCc1nn(C)c(CC(C(=O)O)c2ccccc2C)c1Cl. The van der Waals surface area contributed by atoms with Gasteiger partial charge >= 0.3 is 5.97 Å². The second-order valence-corrected chi connectivity index (χ2v) is 5.51. The number of halogens is 1. The van der Waals surface area contributed by atoms with E-state index >= 15 is 0 Å². The van der Waals surface area contributed by atoms with Crippen LogP contribution in [0.4, 0.5) is 0 Å². The van der Waals surface area contributed by atoms with Crippen molar-refractivity contribution in [2.45, 2.75) is 32.6 Å². The second-order valence-electron chi connectivity index (χ2n) is 5.14. The quantitative estimate of drug-likeness (QED) is 0.921. The molecule has 0 amide bonds. The molecular weight excluding hydrogens is 288 g/mol. The Balaban J connectivity index is 2.41. The van der Waals surface area contributed by atoms with Gasteiger partial charge in [0.05, 0.1) is 22.3 Å². The molecule has 0 saturated heterocycles. The van der Waals surface area contributed by atoms with Crippen LogP contribution in [0.5, 0.6) is 0 Å². The number of rotatable bonds is 5. The van der Waals surface area contributed by atoms with Gasteiger partial charge in [0.1, 0.15) is 0 Å². The summed E-state index contributed by atoms with van der Waals surface area (Å²) in [4.78, 5) is 11.7. The average molecular weight is 307 g/mol. The summed E-state index contributed by atoms with van der Waals surface area (Å²) < 4.78 is 1.69. The monoisotopic (exact) mass is 306 g/mol. The summed E-state index contributed by atoms with van der Waals surface area (Å²) in [7, 11) is 1.80. The molecule has 0 radical (unpaired) electrons. The maximum atomic E-state index is 11.7. The van der Waals surface area contributed by atoms with E-state index in [2.05, 4.69) is 5.10 Å². The van der Waals surface area contributed by atoms with Gasteiger partial charge in [0.2, 0.25) is 0 Å². The Bertz CT molecular complexity index is 664. The van der Waals surface area contributed by atoms with Crippen molar-refractivity contribution < 1.29 is 9.90 Å². The van der Waals surface area contributed by atoms with Gasteiger partial charge in [-0.15, -0.1) is 0 Å². The van der Waals surface area contributed by atoms with Crippen LogP contribution in [0.1, 0.15) is 35.4 Å². The van der Waals surface area contributed by atoms with Gasteiger partial charge in [0.15, 0.2) is 0 Å². The van der Waals surface area contributed by atoms with Gasteiger partial charge in [-0.2, -0.15) is 5.10 Å². The number of hydrogen-bond donors (Lipinski definition) is 1. The van der Waals surface area contributed by atoms with E-state index in [-0.39, 0.29) is 0 Å². The van der Waals surface area contributed by atoms with E-state index in [0.717, 1.165) is 28.9 Å². The highest BCUT2D eigenvalue weighted by Crippen LogP contribution is 2.29. The number of hydrogen-bond acceptors (Lipinski definition) is 2. The molecule has 0 fully saturated rings. The number of aryl methyl sites for hydroxylation is 3. The molecule has 21 heavy (non-hydrogen) atoms. The summed E-state index contributed by atoms with van der Waals surface area (Å²) in [6.45, 7) is 3.90. The van der Waals surface area contributed by atoms with Crippen LogP contribution in [0.2, 0.25) is 5.02 Å². The molecule has 0 bridgehead atoms. The maximum Gasteiger partial charge on any atom is 0.311 e. The molecule has 2 rings (SSSR count). The molecular formula is C16H19ClN2O2. The number of aliphatic carboxylic acids is 1. The fourth-order valence-electron chi connectivity index (χ4n) is 2.54. The lowest BCUT2D eigenvalue weighted by atomic mass is 9.91. The van der Waals surface area contributed by atoms with Gasteiger partial charge in [-0.25, -0.2) is 0 Å². The lowest BCUT2D eigenvalue weighted by Gasteiger charge is -2.15. The summed E-state index contributed by atoms with van der Waals surface area (Å²) >= 11 is 6.33. The number of carboxylic acids is 1. The minimum absolute atomic E-state index is 0.336. The molecule has 0 saturated carbocycles. The molecule has 5 heteroatoms. The molecule has 1 heterocycles. The van der Waals surface area contributed by atoms with E-state index in [1.165, 1.54) is 0 Å². The standard InChI is InChI=1S/C16H19ClN2O2/c1-4-13-15(17)14(19(3)18-13)9-12(16(20)21)11-8-6-5-7-10(11)2/h5-8,12H,4,9H2,1-3H3,(H,20,21). The van der Waals surface area contributed by atoms with Crippen molar-refractivity contribution >= 4 is 17.6 Å². The highest BCUT2D eigenvalue weighted by atomic mass is 35.5. The molecule has 0 spiro atoms. The number of aromatic nitrogens is 2. The first-order valence-corrected chi connectivity index (χ1v) is 7.32. The topological polar surface area (TPSA) is 55.1 Å². The van der Waals surface area contributed by atoms with Crippen molar-refractivity contribution in [3.63, 3.8) is 0 Å². The Labute approximate surface area is 129 Å². The van der Waals surface area contributed by atoms with Crippen LogP contribution < -0.4 is 0 Å². The van der Waals surface area contributed by atoms with Gasteiger partial charge in [0.25, 0.3) is 0 Å². The van der Waals surface area contributed by atoms with E-state index < -0.39 is 11.9 Å². The van der Waals surface area contributed by atoms with Crippen LogP contribution in [-0.4, -0.2) is 20.9 Å². The fourth-order valence-corrected chi connectivity index (χ4v) is 2.91. The van der Waals surface area contributed by atoms with Crippen LogP contribution in [0.25, 0.3) is 0 Å². The Morgan fingerprint density at radius 2 is 2.10 bits per heavy atom. The van der Waals surface area contributed by atoms with E-state index in [4.69, 9.17) is 11.6 Å². The van der Waals surface area contributed by atoms with Crippen molar-refractivity contribution in [2.24, 2.45) is 7.05 Å². The van der Waals surface area contributed by atoms with Crippen LogP contribution in [0, 0.1) is 6.92 Å². The Morgan fingerprint density at radius 3 is 2.62 bits per heavy atom. The Morgan fingerprint density at radius 1 is 1.43 bits per heavy atom. The molecule has 0 aliphatic carbocycles. The minimum Gasteiger partial charge on any atom is -0.481 e. The molecule has 2 aromatic rings. The number of benzene rings is 1. The van der Waals surface area contributed by atoms with Gasteiger partial charge in [-0.3, -0.25) is 9.48 Å². The van der Waals surface area contributed by atoms with E-state index in [9.17, 15) is 9.90 Å². The van der Waals surface area contributed by atoms with Crippen molar-refractivity contribution in [3.05, 3.63) is 51.8 Å². The van der Waals surface area contributed by atoms with E-state index in [1.54, 1.807) is 11.7 Å². The normalized spacial score (nSPS) is 12.4. The highest BCUT2D eigenvalue weighted by Gasteiger charge is 2.25. The van der Waals surface area contributed by atoms with Crippen LogP contribution in [0.3, 0.4) is 0 Å². The molecule has 1 aromatic carbocycles. The third-order valence-corrected chi connectivity index (χ3v) is 4.20. The van der Waals surface area contributed by atoms with Gasteiger partial charge in [-0.05, 0) is 24.5 Å². The van der Waals surface area contributed by atoms with Crippen molar-refractivity contribution in [1.82, 2.24) is 9.78 Å². The summed E-state index contributed by atoms with van der Waals surface area (Å²) in [5.41, 5.74) is 3.37. The van der Waals surface area contributed by atoms with Crippen LogP contribution in [-0.2, 0) is 24.7 Å². The molecule has 112 valence electrons. The summed E-state index contributed by atoms with van der Waals surface area (Å²) in [6.07, 6.45) is 1.07. The largest absolute Gasteiger partial charge is 0.481 e. The first kappa shape index (κ1) is 15.6. The molecule has 0 aliphatic heterocycles. The zero-order valence-corrected chi connectivity index (χ0v) is 13.2. The third kappa shape index (κ3) is 3.10. The van der Waals surface area contributed by atoms with Crippen molar-refractivity contribution in [2.75, 3.05) is 0 Å². The number of carboxylic acid groups (broad SMARTS) is 1. The van der Waals surface area contributed by atoms with Gasteiger partial charge in [-0.1, -0.05) is 42.8 Å². The fraction of sp³-hybridized carbons (Fsp3) is 0.375. The van der Waals surface area contributed by atoms with Gasteiger partial charge < -0.3 is 5.11 Å². The van der Waals surface area contributed by atoms with Crippen molar-refractivity contribution in [3.8, 4) is 0 Å². The summed E-state index contributed by atoms with van der Waals surface area (Å²) in [5, 5.41) is 14.5. The minimum atomic E-state index is -0.848. The number of carbonyl (C=O) groups is 1. The predicted molar refractivity (Wildman–Crippen MR) is 82.9 cm³/mol. The van der Waals surface area contributed by atoms with Gasteiger partial charge in [0, 0.05) is 13.5 Å². The molecule has 1 aromatic heterocycles. The highest BCUT2D eigenvalue weighted by molar-refractivity contribution is 6.31. The summed E-state index contributed by atoms with van der Waals surface area (Å²) in [6, 6.07) is 7.55. The molecule has 1 N–H and O–H groups in total. The summed E-state index contributed by atoms with van der Waals surface area (Å²) in [5.74, 6) is -1.47. The molecule has 1 atom stereocenters. The van der Waals surface area contributed by atoms with Crippen LogP contribution >= 0.6 is 11.6 Å². The lowest BCUT2D eigenvalue weighted by molar-refractivity contribution is -0.138. The lowest BCUT2D eigenvalue weighted by Crippen LogP contribution is -2.17. The third-order valence-electron chi connectivity index (χ3n) is 3.76. The Kier molecular flexibility index (Phi) is 4.68. The molecule has 4 nitrogen and oxygen atoms in total. The molecule has 1 unspecified atom stereocenters. The second kappa shape index (κ2) is 6.31. The first-order chi connectivity index (χ1) is 9.95. The predicted octanol–water partition coefficient (Wildman–Crippen LogP) is 3.36. The molecule has 0 aliphatic rings. The first-order valence-electron chi connectivity index (χ1n) is 6.94. The van der Waals surface area contributed by atoms with Crippen LogP contribution in [0.15, 0.2) is 24.3 Å². The average Bonchev–Trinajstić information content (AvgIpc) is 2.72. The van der Waals surface area contributed by atoms with E-state index in [1.807, 2.05) is 38.1 Å². The maximum absolute atomic E-state index is 11.7. The smallest absolute Gasteiger partial charge is 0.311 e. The Hall–Kier alpha value is -1.81.